The molecule has 4 nitrogen and oxygen atoms in total. The molecular formula is C12H26N2O2S. The van der Waals surface area contributed by atoms with Crippen LogP contribution in [-0.4, -0.2) is 57.5 Å². The standard InChI is InChI=1S/C12H26N2O2S/c1-11(2)13-6-8-14(3)7-4-12-5-9-17(15,16)10-12/h11-13H,4-10H2,1-3H3. The normalized spacial score (nSPS) is 23.7. The van der Waals surface area contributed by atoms with E-state index in [0.717, 1.165) is 32.5 Å². The zero-order valence-corrected chi connectivity index (χ0v) is 12.1. The first-order chi connectivity index (χ1) is 7.89. The van der Waals surface area contributed by atoms with Crippen molar-refractivity contribution in [2.45, 2.75) is 32.7 Å². The van der Waals surface area contributed by atoms with E-state index in [2.05, 4.69) is 31.1 Å². The molecule has 5 heteroatoms. The number of likely N-dealkylation sites (N-methyl/N-ethyl adjacent to an activating group) is 1. The van der Waals surface area contributed by atoms with Gasteiger partial charge in [-0.15, -0.1) is 0 Å². The molecule has 1 unspecified atom stereocenters. The zero-order valence-electron chi connectivity index (χ0n) is 11.3. The third-order valence-electron chi connectivity index (χ3n) is 3.29. The maximum atomic E-state index is 11.3. The van der Waals surface area contributed by atoms with E-state index in [1.54, 1.807) is 0 Å². The summed E-state index contributed by atoms with van der Waals surface area (Å²) >= 11 is 0. The Morgan fingerprint density at radius 3 is 2.59 bits per heavy atom. The minimum Gasteiger partial charge on any atom is -0.313 e. The van der Waals surface area contributed by atoms with Crippen LogP contribution < -0.4 is 5.32 Å². The fraction of sp³-hybridized carbons (Fsp3) is 1.00. The molecule has 0 aromatic rings. The van der Waals surface area contributed by atoms with Crippen LogP contribution in [0.3, 0.4) is 0 Å². The maximum absolute atomic E-state index is 11.3. The van der Waals surface area contributed by atoms with Crippen molar-refractivity contribution in [3.63, 3.8) is 0 Å². The first kappa shape index (κ1) is 14.9. The second-order valence-electron chi connectivity index (χ2n) is 5.47. The van der Waals surface area contributed by atoms with E-state index < -0.39 is 9.84 Å². The maximum Gasteiger partial charge on any atom is 0.150 e. The summed E-state index contributed by atoms with van der Waals surface area (Å²) in [5, 5.41) is 3.38. The molecule has 17 heavy (non-hydrogen) atoms. The average Bonchev–Trinajstić information content (AvgIpc) is 2.55. The van der Waals surface area contributed by atoms with Crippen LogP contribution in [0.4, 0.5) is 0 Å². The van der Waals surface area contributed by atoms with E-state index >= 15 is 0 Å². The second-order valence-corrected chi connectivity index (χ2v) is 7.70. The molecule has 0 aliphatic carbocycles. The highest BCUT2D eigenvalue weighted by molar-refractivity contribution is 7.91. The molecule has 0 spiro atoms. The van der Waals surface area contributed by atoms with Crippen molar-refractivity contribution in [3.8, 4) is 0 Å². The molecule has 0 amide bonds. The van der Waals surface area contributed by atoms with E-state index in [4.69, 9.17) is 0 Å². The van der Waals surface area contributed by atoms with E-state index in [1.165, 1.54) is 0 Å². The summed E-state index contributed by atoms with van der Waals surface area (Å²) in [5.41, 5.74) is 0. The Bertz CT molecular complexity index is 314. The van der Waals surface area contributed by atoms with Crippen molar-refractivity contribution in [1.29, 1.82) is 0 Å². The molecule has 0 saturated carbocycles. The Hall–Kier alpha value is -0.130. The molecule has 0 radical (unpaired) electrons. The minimum atomic E-state index is -2.70. The monoisotopic (exact) mass is 262 g/mol. The quantitative estimate of drug-likeness (QED) is 0.735. The lowest BCUT2D eigenvalue weighted by Crippen LogP contribution is -2.33. The van der Waals surface area contributed by atoms with Gasteiger partial charge in [0.15, 0.2) is 9.84 Å². The van der Waals surface area contributed by atoms with E-state index in [1.807, 2.05) is 0 Å². The van der Waals surface area contributed by atoms with Gasteiger partial charge in [0.05, 0.1) is 11.5 Å². The van der Waals surface area contributed by atoms with Gasteiger partial charge < -0.3 is 10.2 Å². The lowest BCUT2D eigenvalue weighted by atomic mass is 10.1. The van der Waals surface area contributed by atoms with Crippen LogP contribution in [0.15, 0.2) is 0 Å². The molecule has 1 fully saturated rings. The summed E-state index contributed by atoms with van der Waals surface area (Å²) in [6.07, 6.45) is 1.87. The highest BCUT2D eigenvalue weighted by Gasteiger charge is 2.27. The molecule has 1 rings (SSSR count). The molecule has 0 aromatic heterocycles. The van der Waals surface area contributed by atoms with Gasteiger partial charge >= 0.3 is 0 Å². The molecule has 0 aromatic carbocycles. The highest BCUT2D eigenvalue weighted by Crippen LogP contribution is 2.21. The summed E-state index contributed by atoms with van der Waals surface area (Å²) in [6, 6.07) is 0.531. The van der Waals surface area contributed by atoms with Crippen molar-refractivity contribution in [3.05, 3.63) is 0 Å². The van der Waals surface area contributed by atoms with Crippen molar-refractivity contribution in [1.82, 2.24) is 10.2 Å². The molecule has 1 aliphatic heterocycles. The van der Waals surface area contributed by atoms with Gasteiger partial charge in [-0.25, -0.2) is 8.42 Å². The number of hydrogen-bond donors (Lipinski definition) is 1. The van der Waals surface area contributed by atoms with Gasteiger partial charge in [0.25, 0.3) is 0 Å². The molecule has 1 heterocycles. The number of rotatable bonds is 7. The van der Waals surface area contributed by atoms with Gasteiger partial charge in [-0.2, -0.15) is 0 Å². The van der Waals surface area contributed by atoms with Crippen LogP contribution in [-0.2, 0) is 9.84 Å². The molecule has 102 valence electrons. The summed E-state index contributed by atoms with van der Waals surface area (Å²) in [6.45, 7) is 7.31. The third kappa shape index (κ3) is 6.38. The third-order valence-corrected chi connectivity index (χ3v) is 5.13. The Balaban J connectivity index is 2.10. The first-order valence-electron chi connectivity index (χ1n) is 6.51. The van der Waals surface area contributed by atoms with Gasteiger partial charge in [0.2, 0.25) is 0 Å². The number of sulfone groups is 1. The van der Waals surface area contributed by atoms with Gasteiger partial charge in [-0.1, -0.05) is 13.8 Å². The Labute approximate surface area is 106 Å². The molecule has 1 saturated heterocycles. The Morgan fingerprint density at radius 2 is 2.06 bits per heavy atom. The minimum absolute atomic E-state index is 0.389. The van der Waals surface area contributed by atoms with Gasteiger partial charge in [0, 0.05) is 19.1 Å². The van der Waals surface area contributed by atoms with Crippen molar-refractivity contribution < 1.29 is 8.42 Å². The van der Waals surface area contributed by atoms with Crippen LogP contribution in [0.5, 0.6) is 0 Å². The summed E-state index contributed by atoms with van der Waals surface area (Å²) in [5.74, 6) is 1.20. The fourth-order valence-corrected chi connectivity index (χ4v) is 4.07. The SMILES string of the molecule is CC(C)NCCN(C)CCC1CCS(=O)(=O)C1. The molecule has 1 atom stereocenters. The summed E-state index contributed by atoms with van der Waals surface area (Å²) < 4.78 is 22.6. The van der Waals surface area contributed by atoms with Crippen LogP contribution in [0.1, 0.15) is 26.7 Å². The number of nitrogens with zero attached hydrogens (tertiary/aromatic N) is 1. The van der Waals surface area contributed by atoms with Gasteiger partial charge in [-0.3, -0.25) is 0 Å². The number of nitrogens with one attached hydrogen (secondary N) is 1. The lowest BCUT2D eigenvalue weighted by Gasteiger charge is -2.19. The first-order valence-corrected chi connectivity index (χ1v) is 8.33. The predicted octanol–water partition coefficient (Wildman–Crippen LogP) is 0.741. The molecule has 1 N–H and O–H groups in total. The van der Waals surface area contributed by atoms with Crippen LogP contribution >= 0.6 is 0 Å². The lowest BCUT2D eigenvalue weighted by molar-refractivity contribution is 0.302. The van der Waals surface area contributed by atoms with Crippen molar-refractivity contribution in [2.75, 3.05) is 38.2 Å². The highest BCUT2D eigenvalue weighted by atomic mass is 32.2. The van der Waals surface area contributed by atoms with E-state index in [0.29, 0.717) is 23.5 Å². The average molecular weight is 262 g/mol. The topological polar surface area (TPSA) is 49.4 Å². The zero-order chi connectivity index (χ0) is 12.9. The van der Waals surface area contributed by atoms with Crippen LogP contribution in [0.2, 0.25) is 0 Å². The molecule has 0 bridgehead atoms. The smallest absolute Gasteiger partial charge is 0.150 e. The van der Waals surface area contributed by atoms with Crippen LogP contribution in [0.25, 0.3) is 0 Å². The summed E-state index contributed by atoms with van der Waals surface area (Å²) in [7, 11) is -0.600. The van der Waals surface area contributed by atoms with E-state index in [9.17, 15) is 8.42 Å². The predicted molar refractivity (Wildman–Crippen MR) is 72.0 cm³/mol. The second kappa shape index (κ2) is 6.71. The van der Waals surface area contributed by atoms with Crippen molar-refractivity contribution >= 4 is 9.84 Å². The fourth-order valence-electron chi connectivity index (χ4n) is 2.16. The van der Waals surface area contributed by atoms with E-state index in [-0.39, 0.29) is 0 Å². The van der Waals surface area contributed by atoms with Crippen molar-refractivity contribution in [2.24, 2.45) is 5.92 Å². The molecular weight excluding hydrogens is 236 g/mol. The van der Waals surface area contributed by atoms with Gasteiger partial charge in [0.1, 0.15) is 0 Å². The van der Waals surface area contributed by atoms with Gasteiger partial charge in [-0.05, 0) is 32.4 Å². The van der Waals surface area contributed by atoms with Crippen LogP contribution in [0, 0.1) is 5.92 Å². The summed E-state index contributed by atoms with van der Waals surface area (Å²) in [4.78, 5) is 2.28. The molecule has 1 aliphatic rings. The Kier molecular flexibility index (Phi) is 5.89. The largest absolute Gasteiger partial charge is 0.313 e. The number of hydrogen-bond acceptors (Lipinski definition) is 4. The Morgan fingerprint density at radius 1 is 1.35 bits per heavy atom.